The van der Waals surface area contributed by atoms with Crippen molar-refractivity contribution in [3.05, 3.63) is 36.0 Å². The summed E-state index contributed by atoms with van der Waals surface area (Å²) in [6.45, 7) is 0.552. The Bertz CT molecular complexity index is 996. The number of piperidine rings is 1. The van der Waals surface area contributed by atoms with E-state index < -0.39 is 23.0 Å². The Morgan fingerprint density at radius 2 is 2.07 bits per heavy atom. The normalized spacial score (nSPS) is 18.8. The standard InChI is InChI=1S/C19H27N3O4S/c1-21-13-17(16-5-3-4-6-18(16)21)19(23)26-14-15-7-10-22(11-8-15)12-9-20-27(2,24)25/h3-6,13,15,20H,7-12,14H2,1-2H3/i1T3. The fourth-order valence-corrected chi connectivity index (χ4v) is 3.84. The van der Waals surface area contributed by atoms with Gasteiger partial charge in [0.25, 0.3) is 0 Å². The van der Waals surface area contributed by atoms with Crippen LogP contribution in [0.5, 0.6) is 0 Å². The molecular weight excluding hydrogens is 366 g/mol. The second-order valence-corrected chi connectivity index (χ2v) is 8.81. The molecule has 1 N–H and O–H groups in total. The molecule has 2 aromatic rings. The van der Waals surface area contributed by atoms with Crippen LogP contribution >= 0.6 is 0 Å². The van der Waals surface area contributed by atoms with Crippen LogP contribution < -0.4 is 4.72 Å². The van der Waals surface area contributed by atoms with E-state index in [2.05, 4.69) is 9.62 Å². The van der Waals surface area contributed by atoms with E-state index in [9.17, 15) is 13.2 Å². The molecular formula is C19H27N3O4S. The molecule has 0 aliphatic carbocycles. The third-order valence-electron chi connectivity index (χ3n) is 4.88. The largest absolute Gasteiger partial charge is 0.462 e. The molecule has 2 heterocycles. The lowest BCUT2D eigenvalue weighted by Crippen LogP contribution is -2.40. The molecule has 1 saturated heterocycles. The van der Waals surface area contributed by atoms with E-state index in [4.69, 9.17) is 8.85 Å². The second kappa shape index (κ2) is 8.41. The first kappa shape index (κ1) is 16.1. The van der Waals surface area contributed by atoms with Crippen LogP contribution in [-0.4, -0.2) is 62.9 Å². The van der Waals surface area contributed by atoms with Gasteiger partial charge in [0.05, 0.1) is 18.4 Å². The maximum absolute atomic E-state index is 12.6. The maximum Gasteiger partial charge on any atom is 0.340 e. The summed E-state index contributed by atoms with van der Waals surface area (Å²) in [5.41, 5.74) is 0.728. The quantitative estimate of drug-likeness (QED) is 0.716. The highest BCUT2D eigenvalue weighted by Crippen LogP contribution is 2.22. The van der Waals surface area contributed by atoms with E-state index in [0.29, 0.717) is 24.0 Å². The predicted octanol–water partition coefficient (Wildman–Crippen LogP) is 1.60. The highest BCUT2D eigenvalue weighted by atomic mass is 32.2. The van der Waals surface area contributed by atoms with Crippen molar-refractivity contribution < 1.29 is 22.1 Å². The van der Waals surface area contributed by atoms with Gasteiger partial charge in [0, 0.05) is 41.3 Å². The fourth-order valence-electron chi connectivity index (χ4n) is 3.38. The Morgan fingerprint density at radius 1 is 1.33 bits per heavy atom. The van der Waals surface area contributed by atoms with E-state index in [-0.39, 0.29) is 18.1 Å². The van der Waals surface area contributed by atoms with Crippen LogP contribution in [0.15, 0.2) is 30.5 Å². The van der Waals surface area contributed by atoms with Crippen LogP contribution in [0.3, 0.4) is 0 Å². The van der Waals surface area contributed by atoms with E-state index >= 15 is 0 Å². The van der Waals surface area contributed by atoms with Crippen molar-refractivity contribution in [1.29, 1.82) is 0 Å². The predicted molar refractivity (Wildman–Crippen MR) is 105 cm³/mol. The van der Waals surface area contributed by atoms with Gasteiger partial charge in [0.15, 0.2) is 0 Å². The van der Waals surface area contributed by atoms with E-state index in [1.54, 1.807) is 24.3 Å². The number of rotatable bonds is 7. The van der Waals surface area contributed by atoms with Crippen molar-refractivity contribution in [1.82, 2.24) is 14.2 Å². The van der Waals surface area contributed by atoms with Crippen LogP contribution in [0.2, 0.25) is 0 Å². The highest BCUT2D eigenvalue weighted by molar-refractivity contribution is 7.88. The van der Waals surface area contributed by atoms with Gasteiger partial charge in [0.2, 0.25) is 10.0 Å². The lowest BCUT2D eigenvalue weighted by Gasteiger charge is -2.31. The maximum atomic E-state index is 12.6. The van der Waals surface area contributed by atoms with Gasteiger partial charge >= 0.3 is 5.97 Å². The van der Waals surface area contributed by atoms with Crippen molar-refractivity contribution in [2.24, 2.45) is 12.9 Å². The first-order valence-electron chi connectivity index (χ1n) is 10.5. The molecule has 0 bridgehead atoms. The Hall–Kier alpha value is -1.90. The van der Waals surface area contributed by atoms with Crippen molar-refractivity contribution >= 4 is 26.9 Å². The smallest absolute Gasteiger partial charge is 0.340 e. The van der Waals surface area contributed by atoms with Gasteiger partial charge in [-0.15, -0.1) is 0 Å². The number of ether oxygens (including phenoxy) is 1. The summed E-state index contributed by atoms with van der Waals surface area (Å²) in [6, 6.07) is 6.89. The minimum absolute atomic E-state index is 0.226. The summed E-state index contributed by atoms with van der Waals surface area (Å²) in [5, 5.41) is 0.562. The van der Waals surface area contributed by atoms with E-state index in [1.807, 2.05) is 0 Å². The summed E-state index contributed by atoms with van der Waals surface area (Å²) in [6.07, 6.45) is 4.19. The average Bonchev–Trinajstić information content (AvgIpc) is 3.06. The Labute approximate surface area is 164 Å². The summed E-state index contributed by atoms with van der Waals surface area (Å²) in [7, 11) is -3.17. The van der Waals surface area contributed by atoms with Crippen molar-refractivity contribution in [3.63, 3.8) is 0 Å². The summed E-state index contributed by atoms with van der Waals surface area (Å²) in [5.74, 6) is -0.294. The second-order valence-electron chi connectivity index (χ2n) is 6.98. The van der Waals surface area contributed by atoms with Crippen LogP contribution in [0, 0.1) is 5.92 Å². The SMILES string of the molecule is [3H]C([3H])([3H])n1cc(C(=O)OCC2CCN(CCNS(C)(=O)=O)CC2)c2ccccc21. The molecule has 1 aromatic heterocycles. The number of esters is 1. The van der Waals surface area contributed by atoms with Crippen LogP contribution in [0.4, 0.5) is 0 Å². The van der Waals surface area contributed by atoms with Gasteiger partial charge in [-0.2, -0.15) is 0 Å². The third kappa shape index (κ3) is 5.31. The molecule has 0 radical (unpaired) electrons. The van der Waals surface area contributed by atoms with Crippen LogP contribution in [-0.2, 0) is 21.7 Å². The minimum Gasteiger partial charge on any atom is -0.462 e. The molecule has 0 amide bonds. The monoisotopic (exact) mass is 399 g/mol. The van der Waals surface area contributed by atoms with Gasteiger partial charge in [-0.25, -0.2) is 17.9 Å². The third-order valence-corrected chi connectivity index (χ3v) is 5.61. The molecule has 148 valence electrons. The first-order valence-corrected chi connectivity index (χ1v) is 10.9. The van der Waals surface area contributed by atoms with Gasteiger partial charge in [0.1, 0.15) is 0 Å². The summed E-state index contributed by atoms with van der Waals surface area (Å²) in [4.78, 5) is 14.8. The topological polar surface area (TPSA) is 80.6 Å². The van der Waals surface area contributed by atoms with E-state index in [1.165, 1.54) is 6.20 Å². The number of para-hydroxylation sites is 1. The minimum atomic E-state index is -3.17. The number of sulfonamides is 1. The molecule has 0 unspecified atom stereocenters. The molecule has 0 spiro atoms. The molecule has 3 rings (SSSR count). The molecule has 8 heteroatoms. The van der Waals surface area contributed by atoms with Crippen molar-refractivity contribution in [2.75, 3.05) is 39.0 Å². The highest BCUT2D eigenvalue weighted by Gasteiger charge is 2.22. The first-order chi connectivity index (χ1) is 14.0. The number of fused-ring (bicyclic) bond motifs is 1. The molecule has 0 atom stereocenters. The van der Waals surface area contributed by atoms with Crippen molar-refractivity contribution in [3.8, 4) is 0 Å². The van der Waals surface area contributed by atoms with Crippen LogP contribution in [0.1, 0.15) is 27.3 Å². The number of nitrogens with one attached hydrogen (secondary N) is 1. The van der Waals surface area contributed by atoms with Crippen molar-refractivity contribution in [2.45, 2.75) is 12.8 Å². The zero-order valence-corrected chi connectivity index (χ0v) is 16.2. The molecule has 1 aliphatic heterocycles. The number of carbonyl (C=O) groups is 1. The lowest BCUT2D eigenvalue weighted by atomic mass is 9.98. The molecule has 1 fully saturated rings. The number of benzene rings is 1. The number of aromatic nitrogens is 1. The summed E-state index contributed by atoms with van der Waals surface area (Å²) < 4.78 is 54.4. The number of aryl methyl sites for hydroxylation is 1. The van der Waals surface area contributed by atoms with Gasteiger partial charge < -0.3 is 14.2 Å². The lowest BCUT2D eigenvalue weighted by molar-refractivity contribution is 0.0376. The Morgan fingerprint density at radius 3 is 2.78 bits per heavy atom. The molecule has 0 saturated carbocycles. The molecule has 1 aliphatic rings. The van der Waals surface area contributed by atoms with Gasteiger partial charge in [-0.1, -0.05) is 18.2 Å². The number of likely N-dealkylation sites (tertiary alicyclic amines) is 1. The average molecular weight is 400 g/mol. The van der Waals surface area contributed by atoms with Crippen LogP contribution in [0.25, 0.3) is 10.9 Å². The number of hydrogen-bond acceptors (Lipinski definition) is 5. The molecule has 1 aromatic carbocycles. The number of carbonyl (C=O) groups excluding carboxylic acids is 1. The molecule has 27 heavy (non-hydrogen) atoms. The number of nitrogens with zero attached hydrogens (tertiary/aromatic N) is 2. The molecule has 7 nitrogen and oxygen atoms in total. The Kier molecular flexibility index (Phi) is 5.01. The fraction of sp³-hybridized carbons (Fsp3) is 0.526. The van der Waals surface area contributed by atoms with Gasteiger partial charge in [-0.05, 0) is 37.9 Å². The van der Waals surface area contributed by atoms with E-state index in [0.717, 1.165) is 36.8 Å². The Balaban J connectivity index is 1.54. The number of hydrogen-bond donors (Lipinski definition) is 1. The van der Waals surface area contributed by atoms with Gasteiger partial charge in [-0.3, -0.25) is 0 Å². The zero-order valence-electron chi connectivity index (χ0n) is 18.3. The zero-order chi connectivity index (χ0) is 21.9. The summed E-state index contributed by atoms with van der Waals surface area (Å²) >= 11 is 0.